The molecule has 5 rings (SSSR count). The average molecular weight is 471 g/mol. The number of hydrogen-bond acceptors (Lipinski definition) is 6. The summed E-state index contributed by atoms with van der Waals surface area (Å²) in [6, 6.07) is 22.1. The predicted octanol–water partition coefficient (Wildman–Crippen LogP) is 4.40. The second kappa shape index (κ2) is 10.1. The fourth-order valence-corrected chi connectivity index (χ4v) is 4.41. The second-order valence-electron chi connectivity index (χ2n) is 8.58. The van der Waals surface area contributed by atoms with Gasteiger partial charge in [0.15, 0.2) is 0 Å². The Bertz CT molecular complexity index is 1270. The third-order valence-corrected chi connectivity index (χ3v) is 6.31. The van der Waals surface area contributed by atoms with Crippen LogP contribution in [0, 0.1) is 10.1 Å². The highest BCUT2D eigenvalue weighted by Crippen LogP contribution is 2.39. The van der Waals surface area contributed by atoms with Crippen LogP contribution in [0.15, 0.2) is 72.8 Å². The van der Waals surface area contributed by atoms with Crippen LogP contribution in [0.2, 0.25) is 0 Å². The number of nitro benzene ring substituents is 1. The number of anilines is 2. The summed E-state index contributed by atoms with van der Waals surface area (Å²) in [5.41, 5.74) is 4.87. The first-order valence-corrected chi connectivity index (χ1v) is 11.6. The number of hydrogen-bond donors (Lipinski definition) is 2. The number of benzene rings is 3. The molecular weight excluding hydrogens is 444 g/mol. The minimum atomic E-state index is -0.452. The molecule has 1 fully saturated rings. The molecule has 2 aliphatic rings. The van der Waals surface area contributed by atoms with E-state index in [0.29, 0.717) is 22.5 Å². The van der Waals surface area contributed by atoms with Crippen LogP contribution in [0.3, 0.4) is 0 Å². The lowest BCUT2D eigenvalue weighted by molar-refractivity contribution is -0.384. The van der Waals surface area contributed by atoms with Crippen LogP contribution in [0.4, 0.5) is 17.1 Å². The van der Waals surface area contributed by atoms with Gasteiger partial charge in [-0.25, -0.2) is 0 Å². The molecule has 0 atom stereocenters. The van der Waals surface area contributed by atoms with E-state index in [1.54, 1.807) is 6.07 Å². The zero-order chi connectivity index (χ0) is 24.2. The molecule has 0 saturated carbocycles. The highest BCUT2D eigenvalue weighted by Gasteiger charge is 2.30. The largest absolute Gasteiger partial charge is 0.379 e. The first-order valence-electron chi connectivity index (χ1n) is 11.6. The molecule has 1 amide bonds. The van der Waals surface area contributed by atoms with E-state index in [4.69, 9.17) is 4.74 Å². The summed E-state index contributed by atoms with van der Waals surface area (Å²) in [6.07, 6.45) is 0.951. The number of carbonyl (C=O) groups is 1. The van der Waals surface area contributed by atoms with E-state index in [-0.39, 0.29) is 11.6 Å². The van der Waals surface area contributed by atoms with Crippen LogP contribution in [0.5, 0.6) is 0 Å². The fraction of sp³-hybridized carbons (Fsp3) is 0.222. The van der Waals surface area contributed by atoms with Gasteiger partial charge < -0.3 is 15.4 Å². The fourth-order valence-electron chi connectivity index (χ4n) is 4.41. The van der Waals surface area contributed by atoms with Crippen molar-refractivity contribution in [3.05, 3.63) is 99.6 Å². The van der Waals surface area contributed by atoms with E-state index in [9.17, 15) is 14.9 Å². The lowest BCUT2D eigenvalue weighted by Crippen LogP contribution is -2.37. The summed E-state index contributed by atoms with van der Waals surface area (Å²) in [7, 11) is 0. The molecule has 3 aromatic rings. The summed E-state index contributed by atoms with van der Waals surface area (Å²) in [5.74, 6) is -0.297. The summed E-state index contributed by atoms with van der Waals surface area (Å²) in [4.78, 5) is 26.3. The van der Waals surface area contributed by atoms with Gasteiger partial charge in [-0.1, -0.05) is 42.5 Å². The van der Waals surface area contributed by atoms with Crippen molar-refractivity contribution in [2.75, 3.05) is 43.5 Å². The van der Waals surface area contributed by atoms with Gasteiger partial charge in [-0.05, 0) is 35.7 Å². The van der Waals surface area contributed by atoms with Crippen molar-refractivity contribution in [2.24, 2.45) is 0 Å². The Hall–Kier alpha value is -4.01. The van der Waals surface area contributed by atoms with Gasteiger partial charge in [0.25, 0.3) is 11.6 Å². The van der Waals surface area contributed by atoms with Gasteiger partial charge >= 0.3 is 0 Å². The van der Waals surface area contributed by atoms with E-state index in [0.717, 1.165) is 50.5 Å². The number of nitro groups is 1. The molecule has 2 N–H and O–H groups in total. The van der Waals surface area contributed by atoms with E-state index in [1.165, 1.54) is 17.7 Å². The molecule has 1 saturated heterocycles. The van der Waals surface area contributed by atoms with Crippen molar-refractivity contribution in [2.45, 2.75) is 6.42 Å². The molecule has 0 aliphatic carbocycles. The van der Waals surface area contributed by atoms with Crippen molar-refractivity contribution in [1.82, 2.24) is 4.90 Å². The van der Waals surface area contributed by atoms with Gasteiger partial charge in [-0.15, -0.1) is 0 Å². The molecule has 8 nitrogen and oxygen atoms in total. The Morgan fingerprint density at radius 1 is 1.03 bits per heavy atom. The average Bonchev–Trinajstić information content (AvgIpc) is 3.22. The number of ether oxygens (including phenoxy) is 1. The van der Waals surface area contributed by atoms with Gasteiger partial charge in [0.05, 0.1) is 29.4 Å². The molecule has 2 aliphatic heterocycles. The van der Waals surface area contributed by atoms with Crippen LogP contribution in [0.1, 0.15) is 16.7 Å². The first kappa shape index (κ1) is 22.8. The molecule has 0 spiro atoms. The van der Waals surface area contributed by atoms with Gasteiger partial charge in [0.2, 0.25) is 0 Å². The highest BCUT2D eigenvalue weighted by molar-refractivity contribution is 6.37. The Labute approximate surface area is 203 Å². The Morgan fingerprint density at radius 3 is 2.49 bits per heavy atom. The molecule has 0 unspecified atom stereocenters. The molecule has 3 aromatic carbocycles. The minimum Gasteiger partial charge on any atom is -0.379 e. The number of rotatable bonds is 7. The van der Waals surface area contributed by atoms with Crippen LogP contribution < -0.4 is 10.6 Å². The lowest BCUT2D eigenvalue weighted by Gasteiger charge is -2.26. The maximum atomic E-state index is 13.0. The van der Waals surface area contributed by atoms with Crippen LogP contribution >= 0.6 is 0 Å². The zero-order valence-corrected chi connectivity index (χ0v) is 19.2. The normalized spacial score (nSPS) is 17.0. The van der Waals surface area contributed by atoms with Crippen molar-refractivity contribution in [3.8, 4) is 0 Å². The van der Waals surface area contributed by atoms with Crippen LogP contribution in [0.25, 0.3) is 11.3 Å². The molecule has 35 heavy (non-hydrogen) atoms. The number of carbonyl (C=O) groups excluding carboxylic acids is 1. The highest BCUT2D eigenvalue weighted by atomic mass is 16.6. The number of nitrogens with one attached hydrogen (secondary N) is 2. The van der Waals surface area contributed by atoms with Crippen molar-refractivity contribution < 1.29 is 14.5 Å². The van der Waals surface area contributed by atoms with Crippen molar-refractivity contribution in [1.29, 1.82) is 0 Å². The Morgan fingerprint density at radius 2 is 1.77 bits per heavy atom. The number of fused-ring (bicyclic) bond motifs is 1. The maximum absolute atomic E-state index is 13.0. The summed E-state index contributed by atoms with van der Waals surface area (Å²) in [5, 5.41) is 17.6. The minimum absolute atomic E-state index is 0.0604. The van der Waals surface area contributed by atoms with Gasteiger partial charge in [-0.3, -0.25) is 19.8 Å². The Balaban J connectivity index is 1.45. The SMILES string of the molecule is O=C1Nc2ccc([N+](=O)[O-])cc2/C1=C(/Nc1ccc(CCN2CCOCC2)cc1)c1ccccc1. The molecule has 0 bridgehead atoms. The lowest BCUT2D eigenvalue weighted by atomic mass is 9.99. The third-order valence-electron chi connectivity index (χ3n) is 6.31. The number of nitrogens with zero attached hydrogens (tertiary/aromatic N) is 2. The molecule has 0 aromatic heterocycles. The van der Waals surface area contributed by atoms with Crippen molar-refractivity contribution in [3.63, 3.8) is 0 Å². The smallest absolute Gasteiger partial charge is 0.270 e. The van der Waals surface area contributed by atoms with Gasteiger partial charge in [-0.2, -0.15) is 0 Å². The van der Waals surface area contributed by atoms with E-state index in [1.807, 2.05) is 42.5 Å². The molecule has 8 heteroatoms. The summed E-state index contributed by atoms with van der Waals surface area (Å²) >= 11 is 0. The van der Waals surface area contributed by atoms with E-state index >= 15 is 0 Å². The predicted molar refractivity (Wildman–Crippen MR) is 136 cm³/mol. The maximum Gasteiger partial charge on any atom is 0.270 e. The third kappa shape index (κ3) is 5.08. The quantitative estimate of drug-likeness (QED) is 0.302. The molecule has 178 valence electrons. The molecule has 0 radical (unpaired) electrons. The molecular formula is C27H26N4O4. The topological polar surface area (TPSA) is 96.7 Å². The van der Waals surface area contributed by atoms with Crippen molar-refractivity contribution >= 4 is 34.2 Å². The number of amides is 1. The molecule has 2 heterocycles. The summed E-state index contributed by atoms with van der Waals surface area (Å²) < 4.78 is 5.41. The summed E-state index contributed by atoms with van der Waals surface area (Å²) in [6.45, 7) is 4.51. The van der Waals surface area contributed by atoms with E-state index < -0.39 is 4.92 Å². The second-order valence-corrected chi connectivity index (χ2v) is 8.58. The van der Waals surface area contributed by atoms with E-state index in [2.05, 4.69) is 27.7 Å². The van der Waals surface area contributed by atoms with Gasteiger partial charge in [0.1, 0.15) is 0 Å². The first-order chi connectivity index (χ1) is 17.1. The number of morpholine rings is 1. The Kier molecular flexibility index (Phi) is 6.56. The van der Waals surface area contributed by atoms with Crippen LogP contribution in [-0.2, 0) is 16.0 Å². The number of non-ortho nitro benzene ring substituents is 1. The van der Waals surface area contributed by atoms with Crippen LogP contribution in [-0.4, -0.2) is 48.6 Å². The standard InChI is InChI=1S/C27H26N4O4/c32-27-25(23-18-22(31(33)34)10-11-24(23)29-27)26(20-4-2-1-3-5-20)28-21-8-6-19(7-9-21)12-13-30-14-16-35-17-15-30/h1-11,18,28H,12-17H2,(H,29,32)/b26-25-. The monoisotopic (exact) mass is 470 g/mol. The van der Waals surface area contributed by atoms with Gasteiger partial charge in [0, 0.05) is 48.7 Å². The zero-order valence-electron chi connectivity index (χ0n) is 19.2.